The average molecular weight is 414 g/mol. The number of ether oxygens (including phenoxy) is 1. The Labute approximate surface area is 175 Å². The number of piperidine rings is 2. The number of aromatic nitrogens is 1. The van der Waals surface area contributed by atoms with E-state index in [9.17, 15) is 9.59 Å². The van der Waals surface area contributed by atoms with Gasteiger partial charge in [-0.15, -0.1) is 11.3 Å². The first kappa shape index (κ1) is 19.9. The summed E-state index contributed by atoms with van der Waals surface area (Å²) in [4.78, 5) is 34.2. The van der Waals surface area contributed by atoms with Gasteiger partial charge in [-0.05, 0) is 49.8 Å². The minimum absolute atomic E-state index is 0.0419. The zero-order valence-electron chi connectivity index (χ0n) is 17.0. The van der Waals surface area contributed by atoms with Gasteiger partial charge in [-0.3, -0.25) is 9.59 Å². The minimum Gasteiger partial charge on any atom is -0.497 e. The summed E-state index contributed by atoms with van der Waals surface area (Å²) >= 11 is 1.51. The predicted octanol–water partition coefficient (Wildman–Crippen LogP) is 3.16. The van der Waals surface area contributed by atoms with Crippen LogP contribution in [-0.4, -0.2) is 59.4 Å². The quantitative estimate of drug-likeness (QED) is 0.773. The molecule has 2 aromatic rings. The summed E-state index contributed by atoms with van der Waals surface area (Å²) in [5, 5.41) is 2.77. The second-order valence-corrected chi connectivity index (χ2v) is 8.94. The highest BCUT2D eigenvalue weighted by molar-refractivity contribution is 7.09. The van der Waals surface area contributed by atoms with Crippen LogP contribution in [-0.2, 0) is 11.2 Å². The van der Waals surface area contributed by atoms with E-state index in [1.54, 1.807) is 7.11 Å². The van der Waals surface area contributed by atoms with E-state index in [1.807, 2.05) is 46.4 Å². The van der Waals surface area contributed by atoms with Crippen LogP contribution in [0.25, 0.3) is 0 Å². The first-order valence-electron chi connectivity index (χ1n) is 10.2. The van der Waals surface area contributed by atoms with Crippen LogP contribution in [0.3, 0.4) is 0 Å². The first-order chi connectivity index (χ1) is 14.0. The molecule has 2 atom stereocenters. The molecule has 2 aliphatic heterocycles. The molecule has 0 unspecified atom stereocenters. The molecule has 2 aliphatic rings. The van der Waals surface area contributed by atoms with Crippen molar-refractivity contribution in [3.8, 4) is 5.75 Å². The predicted molar refractivity (Wildman–Crippen MR) is 112 cm³/mol. The molecule has 0 spiro atoms. The number of carbonyl (C=O) groups excluding carboxylic acids is 2. The van der Waals surface area contributed by atoms with Crippen LogP contribution in [0.5, 0.6) is 5.75 Å². The van der Waals surface area contributed by atoms with Gasteiger partial charge in [0.15, 0.2) is 0 Å². The van der Waals surface area contributed by atoms with E-state index in [2.05, 4.69) is 4.98 Å². The van der Waals surface area contributed by atoms with Crippen molar-refractivity contribution >= 4 is 23.2 Å². The molecule has 1 aromatic heterocycles. The third-order valence-corrected chi connectivity index (χ3v) is 6.78. The molecule has 154 valence electrons. The molecule has 29 heavy (non-hydrogen) atoms. The molecule has 0 saturated carbocycles. The largest absolute Gasteiger partial charge is 0.497 e. The maximum Gasteiger partial charge on any atom is 0.273 e. The number of hydrogen-bond donors (Lipinski definition) is 0. The molecular formula is C22H27N3O3S. The number of likely N-dealkylation sites (tertiary alicyclic amines) is 2. The number of carbonyl (C=O) groups is 2. The molecule has 2 amide bonds. The molecule has 2 saturated heterocycles. The average Bonchev–Trinajstić information content (AvgIpc) is 3.18. The number of benzene rings is 1. The number of fused-ring (bicyclic) bond motifs is 1. The first-order valence-corrected chi connectivity index (χ1v) is 11.1. The van der Waals surface area contributed by atoms with Gasteiger partial charge in [0.1, 0.15) is 11.4 Å². The lowest BCUT2D eigenvalue weighted by Gasteiger charge is -2.47. The topological polar surface area (TPSA) is 62.7 Å². The summed E-state index contributed by atoms with van der Waals surface area (Å²) in [6.07, 6.45) is 3.26. The van der Waals surface area contributed by atoms with Gasteiger partial charge < -0.3 is 14.5 Å². The number of aryl methyl sites for hydroxylation is 1. The summed E-state index contributed by atoms with van der Waals surface area (Å²) < 4.78 is 5.26. The molecule has 6 nitrogen and oxygen atoms in total. The van der Waals surface area contributed by atoms with E-state index in [0.717, 1.165) is 48.7 Å². The highest BCUT2D eigenvalue weighted by Crippen LogP contribution is 2.32. The van der Waals surface area contributed by atoms with Crippen molar-refractivity contribution in [1.29, 1.82) is 0 Å². The van der Waals surface area contributed by atoms with Crippen molar-refractivity contribution in [3.63, 3.8) is 0 Å². The molecule has 0 aliphatic carbocycles. The number of amides is 2. The normalized spacial score (nSPS) is 21.6. The highest BCUT2D eigenvalue weighted by atomic mass is 32.1. The Morgan fingerprint density at radius 3 is 2.90 bits per heavy atom. The van der Waals surface area contributed by atoms with Crippen molar-refractivity contribution in [2.24, 2.45) is 5.92 Å². The third-order valence-electron chi connectivity index (χ3n) is 6.01. The second-order valence-electron chi connectivity index (χ2n) is 7.88. The highest BCUT2D eigenvalue weighted by Gasteiger charge is 2.39. The van der Waals surface area contributed by atoms with Crippen LogP contribution in [0.1, 0.15) is 40.3 Å². The van der Waals surface area contributed by atoms with E-state index in [4.69, 9.17) is 4.74 Å². The van der Waals surface area contributed by atoms with Crippen LogP contribution in [0.4, 0.5) is 0 Å². The molecule has 0 N–H and O–H groups in total. The van der Waals surface area contributed by atoms with Crippen molar-refractivity contribution < 1.29 is 14.3 Å². The maximum absolute atomic E-state index is 13.0. The third kappa shape index (κ3) is 4.29. The Morgan fingerprint density at radius 2 is 2.14 bits per heavy atom. The van der Waals surface area contributed by atoms with E-state index in [0.29, 0.717) is 24.6 Å². The molecule has 3 heterocycles. The smallest absolute Gasteiger partial charge is 0.273 e. The monoisotopic (exact) mass is 413 g/mol. The minimum atomic E-state index is 0.0419. The molecule has 7 heteroatoms. The number of hydrogen-bond acceptors (Lipinski definition) is 5. The van der Waals surface area contributed by atoms with Gasteiger partial charge in [0.05, 0.1) is 18.5 Å². The fraction of sp³-hybridized carbons (Fsp3) is 0.500. The lowest BCUT2D eigenvalue weighted by Crippen LogP contribution is -2.56. The zero-order chi connectivity index (χ0) is 20.4. The number of methoxy groups -OCH3 is 1. The molecule has 0 bridgehead atoms. The summed E-state index contributed by atoms with van der Waals surface area (Å²) in [7, 11) is 1.63. The summed E-state index contributed by atoms with van der Waals surface area (Å²) in [5.74, 6) is 1.30. The number of thiazole rings is 1. The lowest BCUT2D eigenvalue weighted by molar-refractivity contribution is -0.133. The van der Waals surface area contributed by atoms with Crippen LogP contribution in [0.15, 0.2) is 29.6 Å². The summed E-state index contributed by atoms with van der Waals surface area (Å²) in [5.41, 5.74) is 1.53. The van der Waals surface area contributed by atoms with Crippen LogP contribution in [0.2, 0.25) is 0 Å². The van der Waals surface area contributed by atoms with Crippen molar-refractivity contribution in [3.05, 3.63) is 45.9 Å². The molecular weight excluding hydrogens is 386 g/mol. The fourth-order valence-corrected chi connectivity index (χ4v) is 5.15. The van der Waals surface area contributed by atoms with Gasteiger partial charge in [0, 0.05) is 31.1 Å². The SMILES string of the molecule is COc1cccc(CC(=O)N2CC[C@@H]3[C@H](CCCN3C(=O)c3csc(C)n3)C2)c1. The Morgan fingerprint density at radius 1 is 1.28 bits per heavy atom. The van der Waals surface area contributed by atoms with E-state index in [-0.39, 0.29) is 17.9 Å². The Hall–Kier alpha value is -2.41. The summed E-state index contributed by atoms with van der Waals surface area (Å²) in [6.45, 7) is 4.14. The van der Waals surface area contributed by atoms with E-state index in [1.165, 1.54) is 11.3 Å². The van der Waals surface area contributed by atoms with Crippen LogP contribution in [0, 0.1) is 12.8 Å². The molecule has 2 fully saturated rings. The molecule has 0 radical (unpaired) electrons. The maximum atomic E-state index is 13.0. The van der Waals surface area contributed by atoms with Gasteiger partial charge in [-0.2, -0.15) is 0 Å². The Balaban J connectivity index is 1.40. The van der Waals surface area contributed by atoms with Gasteiger partial charge in [0.25, 0.3) is 5.91 Å². The van der Waals surface area contributed by atoms with Crippen LogP contribution < -0.4 is 4.74 Å². The molecule has 4 rings (SSSR count). The number of rotatable bonds is 4. The zero-order valence-corrected chi connectivity index (χ0v) is 17.8. The summed E-state index contributed by atoms with van der Waals surface area (Å²) in [6, 6.07) is 7.89. The Bertz CT molecular complexity index is 897. The number of nitrogens with zero attached hydrogens (tertiary/aromatic N) is 3. The van der Waals surface area contributed by atoms with Gasteiger partial charge in [-0.1, -0.05) is 12.1 Å². The van der Waals surface area contributed by atoms with Crippen molar-refractivity contribution in [1.82, 2.24) is 14.8 Å². The molecule has 1 aromatic carbocycles. The van der Waals surface area contributed by atoms with Gasteiger partial charge >= 0.3 is 0 Å². The van der Waals surface area contributed by atoms with Gasteiger partial charge in [-0.25, -0.2) is 4.98 Å². The fourth-order valence-electron chi connectivity index (χ4n) is 4.56. The standard InChI is InChI=1S/C22H27N3O3S/c1-15-23-19(14-29-15)22(27)25-9-4-6-17-13-24(10-8-20(17)25)21(26)12-16-5-3-7-18(11-16)28-2/h3,5,7,11,14,17,20H,4,6,8-10,12-13H2,1-2H3/t17-,20-/m1/s1. The Kier molecular flexibility index (Phi) is 5.85. The van der Waals surface area contributed by atoms with Crippen molar-refractivity contribution in [2.75, 3.05) is 26.7 Å². The van der Waals surface area contributed by atoms with Crippen LogP contribution >= 0.6 is 11.3 Å². The second kappa shape index (κ2) is 8.53. The lowest BCUT2D eigenvalue weighted by atomic mass is 9.83. The van der Waals surface area contributed by atoms with Gasteiger partial charge in [0.2, 0.25) is 5.91 Å². The van der Waals surface area contributed by atoms with E-state index >= 15 is 0 Å². The van der Waals surface area contributed by atoms with Crippen molar-refractivity contribution in [2.45, 2.75) is 38.6 Å². The van der Waals surface area contributed by atoms with E-state index < -0.39 is 0 Å².